The molecular weight excluding hydrogens is 376 g/mol. The van der Waals surface area contributed by atoms with Gasteiger partial charge in [-0.25, -0.2) is 4.39 Å². The van der Waals surface area contributed by atoms with Gasteiger partial charge in [0.05, 0.1) is 17.4 Å². The average Bonchev–Trinajstić information content (AvgIpc) is 3.44. The fourth-order valence-electron chi connectivity index (χ4n) is 2.89. The van der Waals surface area contributed by atoms with E-state index in [2.05, 4.69) is 10.6 Å². The third kappa shape index (κ3) is 5.09. The van der Waals surface area contributed by atoms with Crippen LogP contribution in [0.15, 0.2) is 48.5 Å². The Morgan fingerprint density at radius 1 is 1.00 bits per heavy atom. The average molecular weight is 394 g/mol. The molecule has 148 valence electrons. The zero-order valence-corrected chi connectivity index (χ0v) is 14.7. The van der Waals surface area contributed by atoms with E-state index in [1.54, 1.807) is 12.1 Å². The van der Waals surface area contributed by atoms with Crippen molar-refractivity contribution < 1.29 is 27.2 Å². The molecular formula is C20H18F4N2O2. The zero-order chi connectivity index (χ0) is 20.3. The number of carbonyl (C=O) groups is 2. The minimum Gasteiger partial charge on any atom is -0.356 e. The van der Waals surface area contributed by atoms with Crippen molar-refractivity contribution in [3.63, 3.8) is 0 Å². The molecule has 2 aromatic carbocycles. The van der Waals surface area contributed by atoms with Crippen molar-refractivity contribution in [2.45, 2.75) is 19.0 Å². The van der Waals surface area contributed by atoms with E-state index in [4.69, 9.17) is 0 Å². The summed E-state index contributed by atoms with van der Waals surface area (Å²) in [7, 11) is 0. The van der Waals surface area contributed by atoms with Crippen molar-refractivity contribution in [3.8, 4) is 0 Å². The molecule has 4 nitrogen and oxygen atoms in total. The van der Waals surface area contributed by atoms with E-state index in [0.717, 1.165) is 17.7 Å². The van der Waals surface area contributed by atoms with Gasteiger partial charge in [0.2, 0.25) is 11.8 Å². The molecule has 0 spiro atoms. The fraction of sp³-hybridized carbons (Fsp3) is 0.300. The van der Waals surface area contributed by atoms with Crippen LogP contribution in [0, 0.1) is 17.7 Å². The first-order valence-corrected chi connectivity index (χ1v) is 8.74. The molecule has 0 saturated heterocycles. The molecule has 8 heteroatoms. The monoisotopic (exact) mass is 394 g/mol. The van der Waals surface area contributed by atoms with E-state index in [1.807, 2.05) is 0 Å². The molecule has 1 fully saturated rings. The third-order valence-electron chi connectivity index (χ3n) is 4.55. The second kappa shape index (κ2) is 8.00. The zero-order valence-electron chi connectivity index (χ0n) is 14.7. The lowest BCUT2D eigenvalue weighted by atomic mass is 10.1. The van der Waals surface area contributed by atoms with Crippen LogP contribution in [0.4, 0.5) is 23.2 Å². The summed E-state index contributed by atoms with van der Waals surface area (Å²) < 4.78 is 51.0. The van der Waals surface area contributed by atoms with E-state index in [0.29, 0.717) is 19.4 Å². The number of hydrogen-bond acceptors (Lipinski definition) is 2. The minimum atomic E-state index is -4.49. The van der Waals surface area contributed by atoms with Crippen molar-refractivity contribution in [1.29, 1.82) is 0 Å². The Labute approximate surface area is 158 Å². The Bertz CT molecular complexity index is 865. The second-order valence-electron chi connectivity index (χ2n) is 6.68. The SMILES string of the molecule is O=C(NCCc1ccc(F)cc1)C1CC1C(=O)Nc1cccc(C(F)(F)F)c1. The smallest absolute Gasteiger partial charge is 0.356 e. The lowest BCUT2D eigenvalue weighted by molar-refractivity contribution is -0.137. The molecule has 2 unspecified atom stereocenters. The highest BCUT2D eigenvalue weighted by Gasteiger charge is 2.48. The maximum Gasteiger partial charge on any atom is 0.416 e. The van der Waals surface area contributed by atoms with Crippen LogP contribution in [0.2, 0.25) is 0 Å². The van der Waals surface area contributed by atoms with E-state index in [1.165, 1.54) is 24.3 Å². The Morgan fingerprint density at radius 3 is 2.36 bits per heavy atom. The number of hydrogen-bond donors (Lipinski definition) is 2. The molecule has 0 radical (unpaired) electrons. The molecule has 0 aliphatic heterocycles. The molecule has 2 amide bonds. The summed E-state index contributed by atoms with van der Waals surface area (Å²) in [4.78, 5) is 24.3. The van der Waals surface area contributed by atoms with Gasteiger partial charge in [-0.2, -0.15) is 13.2 Å². The van der Waals surface area contributed by atoms with Crippen molar-refractivity contribution in [1.82, 2.24) is 5.32 Å². The summed E-state index contributed by atoms with van der Waals surface area (Å²) in [5.41, 5.74) is 0.0645. The number of halogens is 4. The van der Waals surface area contributed by atoms with E-state index in [9.17, 15) is 27.2 Å². The summed E-state index contributed by atoms with van der Waals surface area (Å²) in [5, 5.41) is 5.16. The van der Waals surface area contributed by atoms with Crippen LogP contribution in [0.1, 0.15) is 17.5 Å². The molecule has 2 aromatic rings. The molecule has 0 heterocycles. The number of carbonyl (C=O) groups excluding carboxylic acids is 2. The highest BCUT2D eigenvalue weighted by Crippen LogP contribution is 2.39. The van der Waals surface area contributed by atoms with Crippen LogP contribution in [0.25, 0.3) is 0 Å². The van der Waals surface area contributed by atoms with Crippen molar-refractivity contribution in [3.05, 3.63) is 65.5 Å². The summed E-state index contributed by atoms with van der Waals surface area (Å²) >= 11 is 0. The maximum atomic E-state index is 12.8. The van der Waals surface area contributed by atoms with Gasteiger partial charge in [0.25, 0.3) is 0 Å². The molecule has 3 rings (SSSR count). The molecule has 0 bridgehead atoms. The van der Waals surface area contributed by atoms with Crippen LogP contribution in [-0.4, -0.2) is 18.4 Å². The topological polar surface area (TPSA) is 58.2 Å². The quantitative estimate of drug-likeness (QED) is 0.733. The van der Waals surface area contributed by atoms with E-state index >= 15 is 0 Å². The van der Waals surface area contributed by atoms with E-state index < -0.39 is 29.5 Å². The lowest BCUT2D eigenvalue weighted by Gasteiger charge is -2.10. The Morgan fingerprint density at radius 2 is 1.68 bits per heavy atom. The molecule has 0 aromatic heterocycles. The normalized spacial score (nSPS) is 18.4. The Balaban J connectivity index is 1.46. The van der Waals surface area contributed by atoms with E-state index in [-0.39, 0.29) is 17.4 Å². The third-order valence-corrected chi connectivity index (χ3v) is 4.55. The van der Waals surface area contributed by atoms with Crippen molar-refractivity contribution >= 4 is 17.5 Å². The summed E-state index contributed by atoms with van der Waals surface area (Å²) in [6.45, 7) is 0.350. The molecule has 2 N–H and O–H groups in total. The van der Waals surface area contributed by atoms with Crippen molar-refractivity contribution in [2.75, 3.05) is 11.9 Å². The Hall–Kier alpha value is -2.90. The van der Waals surface area contributed by atoms with Crippen LogP contribution >= 0.6 is 0 Å². The van der Waals surface area contributed by atoms with Gasteiger partial charge in [0.15, 0.2) is 0 Å². The van der Waals surface area contributed by atoms with Gasteiger partial charge in [-0.3, -0.25) is 9.59 Å². The molecule has 1 aliphatic carbocycles. The van der Waals surface area contributed by atoms with Crippen LogP contribution in [0.5, 0.6) is 0 Å². The number of anilines is 1. The van der Waals surface area contributed by atoms with Crippen LogP contribution < -0.4 is 10.6 Å². The summed E-state index contributed by atoms with van der Waals surface area (Å²) in [6.07, 6.45) is -3.61. The number of alkyl halides is 3. The predicted octanol–water partition coefficient (Wildman–Crippen LogP) is 3.78. The van der Waals surface area contributed by atoms with Gasteiger partial charge in [0, 0.05) is 12.2 Å². The minimum absolute atomic E-state index is 0.0437. The first kappa shape index (κ1) is 19.9. The highest BCUT2D eigenvalue weighted by atomic mass is 19.4. The second-order valence-corrected chi connectivity index (χ2v) is 6.68. The fourth-order valence-corrected chi connectivity index (χ4v) is 2.89. The molecule has 2 atom stereocenters. The largest absolute Gasteiger partial charge is 0.416 e. The standard InChI is InChI=1S/C20H18F4N2O2/c21-14-6-4-12(5-7-14)8-9-25-18(27)16-11-17(16)19(28)26-15-3-1-2-13(10-15)20(22,23)24/h1-7,10,16-17H,8-9,11H2,(H,25,27)(H,26,28). The number of nitrogens with one attached hydrogen (secondary N) is 2. The van der Waals surface area contributed by atoms with Gasteiger partial charge in [-0.15, -0.1) is 0 Å². The van der Waals surface area contributed by atoms with Gasteiger partial charge in [-0.05, 0) is 48.7 Å². The molecule has 1 saturated carbocycles. The van der Waals surface area contributed by atoms with Crippen LogP contribution in [-0.2, 0) is 22.2 Å². The maximum absolute atomic E-state index is 12.8. The first-order valence-electron chi connectivity index (χ1n) is 8.74. The molecule has 1 aliphatic rings. The van der Waals surface area contributed by atoms with Crippen molar-refractivity contribution in [2.24, 2.45) is 11.8 Å². The Kier molecular flexibility index (Phi) is 5.67. The number of amides is 2. The summed E-state index contributed by atoms with van der Waals surface area (Å²) in [6, 6.07) is 10.3. The number of rotatable bonds is 6. The summed E-state index contributed by atoms with van der Waals surface area (Å²) in [5.74, 6) is -2.12. The van der Waals surface area contributed by atoms with Gasteiger partial charge >= 0.3 is 6.18 Å². The van der Waals surface area contributed by atoms with Gasteiger partial charge < -0.3 is 10.6 Å². The number of benzene rings is 2. The van der Waals surface area contributed by atoms with Gasteiger partial charge in [-0.1, -0.05) is 18.2 Å². The first-order chi connectivity index (χ1) is 13.2. The lowest BCUT2D eigenvalue weighted by Crippen LogP contribution is -2.29. The molecule has 28 heavy (non-hydrogen) atoms. The van der Waals surface area contributed by atoms with Gasteiger partial charge in [0.1, 0.15) is 5.82 Å². The highest BCUT2D eigenvalue weighted by molar-refractivity contribution is 5.99. The predicted molar refractivity (Wildman–Crippen MR) is 94.8 cm³/mol. The van der Waals surface area contributed by atoms with Crippen LogP contribution in [0.3, 0.4) is 0 Å².